The minimum atomic E-state index is 0.0231. The number of hydrogen-bond donors (Lipinski definition) is 2. The molecule has 0 aliphatic heterocycles. The lowest BCUT2D eigenvalue weighted by molar-refractivity contribution is -0.117. The van der Waals surface area contributed by atoms with Gasteiger partial charge in [0.15, 0.2) is 0 Å². The highest BCUT2D eigenvalue weighted by Gasteiger charge is 2.29. The van der Waals surface area contributed by atoms with Crippen molar-refractivity contribution in [3.05, 3.63) is 41.1 Å². The second-order valence-electron chi connectivity index (χ2n) is 5.07. The van der Waals surface area contributed by atoms with E-state index in [1.54, 1.807) is 24.5 Å². The van der Waals surface area contributed by atoms with Crippen LogP contribution in [0, 0.1) is 5.92 Å². The number of amides is 1. The number of aromatic nitrogens is 3. The van der Waals surface area contributed by atoms with Crippen molar-refractivity contribution in [2.24, 2.45) is 5.92 Å². The van der Waals surface area contributed by atoms with E-state index in [1.807, 2.05) is 11.4 Å². The molecule has 4 rings (SSSR count). The average molecular weight is 348 g/mol. The number of fused-ring (bicyclic) bond motifs is 1. The van der Waals surface area contributed by atoms with Crippen molar-refractivity contribution < 1.29 is 4.79 Å². The van der Waals surface area contributed by atoms with Crippen molar-refractivity contribution in [1.82, 2.24) is 14.3 Å². The predicted molar refractivity (Wildman–Crippen MR) is 92.4 cm³/mol. The number of carbonyl (C=O) groups is 1. The topological polar surface area (TPSA) is 93.8 Å². The molecule has 0 atom stereocenters. The first-order chi connectivity index (χ1) is 11.1. The van der Waals surface area contributed by atoms with Gasteiger partial charge < -0.3 is 11.1 Å². The van der Waals surface area contributed by atoms with Crippen molar-refractivity contribution in [1.29, 1.82) is 0 Å². The normalized spacial score (nSPS) is 13.3. The molecular weight excluding hydrogens is 334 g/mol. The van der Waals surface area contributed by atoms with Crippen LogP contribution in [0.15, 0.2) is 36.0 Å². The van der Waals surface area contributed by atoms with Crippen molar-refractivity contribution >= 4 is 51.4 Å². The van der Waals surface area contributed by atoms with Crippen LogP contribution >= 0.6 is 23.1 Å². The maximum absolute atomic E-state index is 11.6. The first kappa shape index (κ1) is 15.6. The maximum atomic E-state index is 11.6. The Morgan fingerprint density at radius 2 is 2.22 bits per heavy atom. The Kier molecular flexibility index (Phi) is 4.68. The molecule has 1 aliphatic carbocycles. The molecule has 0 unspecified atom stereocenters. The van der Waals surface area contributed by atoms with E-state index in [0.29, 0.717) is 16.8 Å². The molecule has 1 aliphatic rings. The minimum absolute atomic E-state index is 0.0231. The summed E-state index contributed by atoms with van der Waals surface area (Å²) in [5.41, 5.74) is 5.74. The third kappa shape index (κ3) is 4.14. The van der Waals surface area contributed by atoms with Gasteiger partial charge in [-0.25, -0.2) is 14.3 Å². The number of carbonyl (C=O) groups excluding carboxylic acids is 1. The Labute approximate surface area is 141 Å². The molecule has 8 heteroatoms. The Hall–Kier alpha value is -2.25. The van der Waals surface area contributed by atoms with Gasteiger partial charge in [0.25, 0.3) is 0 Å². The Morgan fingerprint density at radius 3 is 2.83 bits per heavy atom. The van der Waals surface area contributed by atoms with Crippen molar-refractivity contribution in [3.8, 4) is 0 Å². The fourth-order valence-electron chi connectivity index (χ4n) is 1.96. The molecule has 0 aromatic carbocycles. The molecule has 0 radical (unpaired) electrons. The van der Waals surface area contributed by atoms with E-state index in [-0.39, 0.29) is 11.8 Å². The number of pyridine rings is 2. The van der Waals surface area contributed by atoms with Crippen molar-refractivity contribution in [3.63, 3.8) is 0 Å². The SMILES string of the molecule is Nc1nc(Cl)cc2cc(NC(=O)C3CC3)ncc12.c1cnsc1. The summed E-state index contributed by atoms with van der Waals surface area (Å²) in [5, 5.41) is 6.58. The summed E-state index contributed by atoms with van der Waals surface area (Å²) in [5.74, 6) is 1.02. The lowest BCUT2D eigenvalue weighted by Crippen LogP contribution is -2.14. The molecule has 3 heterocycles. The summed E-state index contributed by atoms with van der Waals surface area (Å²) in [6.07, 6.45) is 5.28. The van der Waals surface area contributed by atoms with Gasteiger partial charge in [-0.1, -0.05) is 11.6 Å². The maximum Gasteiger partial charge on any atom is 0.228 e. The summed E-state index contributed by atoms with van der Waals surface area (Å²) in [6, 6.07) is 5.35. The largest absolute Gasteiger partial charge is 0.383 e. The molecule has 1 fully saturated rings. The zero-order valence-corrected chi connectivity index (χ0v) is 13.6. The van der Waals surface area contributed by atoms with Crippen LogP contribution in [0.5, 0.6) is 0 Å². The summed E-state index contributed by atoms with van der Waals surface area (Å²) in [4.78, 5) is 19.7. The van der Waals surface area contributed by atoms with Gasteiger partial charge in [-0.2, -0.15) is 0 Å². The molecule has 3 aromatic heterocycles. The monoisotopic (exact) mass is 347 g/mol. The molecule has 118 valence electrons. The molecule has 3 N–H and O–H groups in total. The number of halogens is 1. The molecule has 3 aromatic rings. The summed E-state index contributed by atoms with van der Waals surface area (Å²) in [7, 11) is 0. The summed E-state index contributed by atoms with van der Waals surface area (Å²) >= 11 is 7.31. The van der Waals surface area contributed by atoms with Crippen LogP contribution in [0.1, 0.15) is 12.8 Å². The van der Waals surface area contributed by atoms with Crippen LogP contribution in [0.4, 0.5) is 11.6 Å². The van der Waals surface area contributed by atoms with Crippen molar-refractivity contribution in [2.75, 3.05) is 11.1 Å². The lowest BCUT2D eigenvalue weighted by Gasteiger charge is -2.06. The lowest BCUT2D eigenvalue weighted by atomic mass is 10.2. The van der Waals surface area contributed by atoms with E-state index in [9.17, 15) is 4.79 Å². The minimum Gasteiger partial charge on any atom is -0.383 e. The van der Waals surface area contributed by atoms with Crippen LogP contribution in [0.2, 0.25) is 5.15 Å². The summed E-state index contributed by atoms with van der Waals surface area (Å²) in [6.45, 7) is 0. The molecule has 6 nitrogen and oxygen atoms in total. The zero-order valence-electron chi connectivity index (χ0n) is 12.1. The highest BCUT2D eigenvalue weighted by Crippen LogP contribution is 2.30. The van der Waals surface area contributed by atoms with Crippen LogP contribution in [-0.4, -0.2) is 20.2 Å². The van der Waals surface area contributed by atoms with Crippen molar-refractivity contribution in [2.45, 2.75) is 12.8 Å². The average Bonchev–Trinajstić information content (AvgIpc) is 3.19. The second-order valence-corrected chi connectivity index (χ2v) is 6.15. The van der Waals surface area contributed by atoms with E-state index in [4.69, 9.17) is 17.3 Å². The van der Waals surface area contributed by atoms with Crippen LogP contribution in [0.3, 0.4) is 0 Å². The second kappa shape index (κ2) is 6.89. The van der Waals surface area contributed by atoms with Gasteiger partial charge >= 0.3 is 0 Å². The van der Waals surface area contributed by atoms with E-state index in [0.717, 1.165) is 23.6 Å². The van der Waals surface area contributed by atoms with Crippen LogP contribution in [0.25, 0.3) is 10.8 Å². The Morgan fingerprint density at radius 1 is 1.39 bits per heavy atom. The fraction of sp³-hybridized carbons (Fsp3) is 0.200. The molecule has 0 spiro atoms. The fourth-order valence-corrected chi connectivity index (χ4v) is 2.52. The number of nitrogen functional groups attached to an aromatic ring is 1. The van der Waals surface area contributed by atoms with E-state index in [1.165, 1.54) is 11.5 Å². The van der Waals surface area contributed by atoms with Gasteiger partial charge in [0.2, 0.25) is 5.91 Å². The smallest absolute Gasteiger partial charge is 0.228 e. The van der Waals surface area contributed by atoms with Gasteiger partial charge in [-0.05, 0) is 48.0 Å². The molecule has 1 amide bonds. The Balaban J connectivity index is 0.000000267. The first-order valence-electron chi connectivity index (χ1n) is 7.00. The number of hydrogen-bond acceptors (Lipinski definition) is 6. The Bertz CT molecular complexity index is 803. The zero-order chi connectivity index (χ0) is 16.2. The quantitative estimate of drug-likeness (QED) is 0.693. The third-order valence-corrected chi connectivity index (χ3v) is 3.98. The van der Waals surface area contributed by atoms with E-state index >= 15 is 0 Å². The number of anilines is 2. The number of nitrogens with one attached hydrogen (secondary N) is 1. The highest BCUT2D eigenvalue weighted by atomic mass is 35.5. The molecule has 1 saturated carbocycles. The van der Waals surface area contributed by atoms with Gasteiger partial charge in [-0.15, -0.1) is 0 Å². The summed E-state index contributed by atoms with van der Waals surface area (Å²) < 4.78 is 3.76. The van der Waals surface area contributed by atoms with Gasteiger partial charge in [0, 0.05) is 29.1 Å². The third-order valence-electron chi connectivity index (χ3n) is 3.26. The van der Waals surface area contributed by atoms with Crippen LogP contribution in [-0.2, 0) is 4.79 Å². The van der Waals surface area contributed by atoms with Gasteiger partial charge in [0.1, 0.15) is 16.8 Å². The molecule has 0 bridgehead atoms. The first-order valence-corrected chi connectivity index (χ1v) is 8.22. The number of nitrogens with two attached hydrogens (primary N) is 1. The van der Waals surface area contributed by atoms with Gasteiger partial charge in [-0.3, -0.25) is 4.79 Å². The highest BCUT2D eigenvalue weighted by molar-refractivity contribution is 7.03. The molecule has 0 saturated heterocycles. The van der Waals surface area contributed by atoms with E-state index < -0.39 is 0 Å². The standard InChI is InChI=1S/C12H11ClN4O.C3H3NS/c13-9-3-7-4-10(17-12(18)6-1-2-6)15-5-8(7)11(14)16-9;1-2-4-5-3-1/h3-6H,1-2H2,(H2,14,16)(H,15,17,18);1-3H. The molecular formula is C15H14ClN5OS. The number of nitrogens with zero attached hydrogens (tertiary/aromatic N) is 3. The van der Waals surface area contributed by atoms with Crippen LogP contribution < -0.4 is 11.1 Å². The number of rotatable bonds is 2. The van der Waals surface area contributed by atoms with E-state index in [2.05, 4.69) is 19.7 Å². The van der Waals surface area contributed by atoms with Gasteiger partial charge in [0.05, 0.1) is 0 Å². The molecule has 23 heavy (non-hydrogen) atoms. The predicted octanol–water partition coefficient (Wildman–Crippen LogP) is 3.36.